The lowest BCUT2D eigenvalue weighted by Crippen LogP contribution is -1.65. The molecule has 8 heavy (non-hydrogen) atoms. The van der Waals surface area contributed by atoms with Crippen LogP contribution in [0.2, 0.25) is 0 Å². The second-order valence-electron chi connectivity index (χ2n) is 2.04. The molecule has 0 heterocycles. The highest BCUT2D eigenvalue weighted by Gasteiger charge is 1.75. The molecule has 0 aliphatic heterocycles. The maximum absolute atomic E-state index is 3.78. The van der Waals surface area contributed by atoms with E-state index in [4.69, 9.17) is 0 Å². The Kier molecular flexibility index (Phi) is 4.33. The predicted molar refractivity (Wildman–Crippen MR) is 38.9 cm³/mol. The maximum atomic E-state index is 3.78. The van der Waals surface area contributed by atoms with Gasteiger partial charge in [0.25, 0.3) is 0 Å². The molecule has 0 heteroatoms. The summed E-state index contributed by atoms with van der Waals surface area (Å²) in [5.41, 5.74) is 1.23. The largest absolute Gasteiger partial charge is 0.0998 e. The van der Waals surface area contributed by atoms with Crippen molar-refractivity contribution in [2.45, 2.75) is 26.7 Å². The fraction of sp³-hybridized carbons (Fsp3) is 0.500. The first-order chi connectivity index (χ1) is 3.77. The first-order valence-corrected chi connectivity index (χ1v) is 3.06. The van der Waals surface area contributed by atoms with E-state index in [0.29, 0.717) is 0 Å². The summed E-state index contributed by atoms with van der Waals surface area (Å²) in [5.74, 6) is 0. The first-order valence-electron chi connectivity index (χ1n) is 3.06. The fourth-order valence-electron chi connectivity index (χ4n) is 0.451. The Balaban J connectivity index is 3.16. The standard InChI is InChI=1S/C8H14/c1-4-5-6-7-8(2)3/h5-6H,2,4,7H2,1,3H3/b6-5+. The van der Waals surface area contributed by atoms with E-state index in [1.165, 1.54) is 5.57 Å². The van der Waals surface area contributed by atoms with Gasteiger partial charge in [-0.1, -0.05) is 31.2 Å². The van der Waals surface area contributed by atoms with Crippen LogP contribution in [0.15, 0.2) is 24.3 Å². The lowest BCUT2D eigenvalue weighted by molar-refractivity contribution is 1.16. The van der Waals surface area contributed by atoms with E-state index in [1.807, 2.05) is 6.92 Å². The van der Waals surface area contributed by atoms with E-state index in [9.17, 15) is 0 Å². The number of allylic oxidation sites excluding steroid dienone is 3. The van der Waals surface area contributed by atoms with Crippen molar-refractivity contribution in [2.24, 2.45) is 0 Å². The van der Waals surface area contributed by atoms with Gasteiger partial charge in [-0.15, -0.1) is 0 Å². The Bertz CT molecular complexity index is 88.2. The lowest BCUT2D eigenvalue weighted by Gasteiger charge is -1.86. The van der Waals surface area contributed by atoms with Gasteiger partial charge >= 0.3 is 0 Å². The van der Waals surface area contributed by atoms with E-state index in [0.717, 1.165) is 12.8 Å². The van der Waals surface area contributed by atoms with Gasteiger partial charge in [0, 0.05) is 0 Å². The van der Waals surface area contributed by atoms with Crippen molar-refractivity contribution >= 4 is 0 Å². The van der Waals surface area contributed by atoms with Crippen molar-refractivity contribution in [3.05, 3.63) is 24.3 Å². The highest BCUT2D eigenvalue weighted by molar-refractivity contribution is 4.97. The van der Waals surface area contributed by atoms with Gasteiger partial charge in [0.1, 0.15) is 0 Å². The van der Waals surface area contributed by atoms with Crippen LogP contribution in [-0.2, 0) is 0 Å². The molecular formula is C8H14. The van der Waals surface area contributed by atoms with Crippen molar-refractivity contribution in [1.82, 2.24) is 0 Å². The van der Waals surface area contributed by atoms with Crippen LogP contribution in [0.1, 0.15) is 26.7 Å². The van der Waals surface area contributed by atoms with Gasteiger partial charge in [0.15, 0.2) is 0 Å². The van der Waals surface area contributed by atoms with Gasteiger partial charge < -0.3 is 0 Å². The van der Waals surface area contributed by atoms with Crippen LogP contribution >= 0.6 is 0 Å². The highest BCUT2D eigenvalue weighted by atomic mass is 13.8. The zero-order valence-corrected chi connectivity index (χ0v) is 5.78. The molecular weight excluding hydrogens is 96.1 g/mol. The van der Waals surface area contributed by atoms with Gasteiger partial charge in [0.2, 0.25) is 0 Å². The monoisotopic (exact) mass is 110 g/mol. The Morgan fingerprint density at radius 3 is 2.50 bits per heavy atom. The van der Waals surface area contributed by atoms with Gasteiger partial charge in [-0.3, -0.25) is 0 Å². The Morgan fingerprint density at radius 2 is 2.12 bits per heavy atom. The molecule has 0 aromatic carbocycles. The highest BCUT2D eigenvalue weighted by Crippen LogP contribution is 1.96. The van der Waals surface area contributed by atoms with E-state index < -0.39 is 0 Å². The van der Waals surface area contributed by atoms with Crippen LogP contribution in [0.3, 0.4) is 0 Å². The summed E-state index contributed by atoms with van der Waals surface area (Å²) in [6.07, 6.45) is 6.48. The smallest absolute Gasteiger partial charge is 0.0144 e. The van der Waals surface area contributed by atoms with E-state index in [2.05, 4.69) is 25.7 Å². The number of hydrogen-bond acceptors (Lipinski definition) is 0. The van der Waals surface area contributed by atoms with Crippen LogP contribution in [0.25, 0.3) is 0 Å². The van der Waals surface area contributed by atoms with Crippen LogP contribution in [0.4, 0.5) is 0 Å². The van der Waals surface area contributed by atoms with Crippen molar-refractivity contribution in [2.75, 3.05) is 0 Å². The molecule has 0 fully saturated rings. The van der Waals surface area contributed by atoms with E-state index in [-0.39, 0.29) is 0 Å². The molecule has 0 saturated heterocycles. The molecule has 0 N–H and O–H groups in total. The molecule has 0 radical (unpaired) electrons. The Labute approximate surface area is 51.9 Å². The second kappa shape index (κ2) is 4.63. The second-order valence-corrected chi connectivity index (χ2v) is 2.04. The number of hydrogen-bond donors (Lipinski definition) is 0. The Morgan fingerprint density at radius 1 is 1.50 bits per heavy atom. The van der Waals surface area contributed by atoms with Crippen LogP contribution < -0.4 is 0 Å². The van der Waals surface area contributed by atoms with Gasteiger partial charge in [-0.2, -0.15) is 0 Å². The Hall–Kier alpha value is -0.520. The maximum Gasteiger partial charge on any atom is -0.0144 e. The van der Waals surface area contributed by atoms with Crippen LogP contribution in [-0.4, -0.2) is 0 Å². The molecule has 0 saturated carbocycles. The minimum Gasteiger partial charge on any atom is -0.0998 e. The van der Waals surface area contributed by atoms with Gasteiger partial charge in [0.05, 0.1) is 0 Å². The zero-order valence-electron chi connectivity index (χ0n) is 5.78. The molecule has 46 valence electrons. The summed E-state index contributed by atoms with van der Waals surface area (Å²) >= 11 is 0. The summed E-state index contributed by atoms with van der Waals surface area (Å²) in [6.45, 7) is 7.95. The predicted octanol–water partition coefficient (Wildman–Crippen LogP) is 2.92. The molecule has 0 aromatic rings. The molecule has 0 aliphatic rings. The van der Waals surface area contributed by atoms with E-state index in [1.54, 1.807) is 0 Å². The minimum atomic E-state index is 1.04. The number of rotatable bonds is 3. The third kappa shape index (κ3) is 5.48. The first kappa shape index (κ1) is 7.48. The lowest BCUT2D eigenvalue weighted by atomic mass is 10.2. The van der Waals surface area contributed by atoms with Gasteiger partial charge in [-0.05, 0) is 19.8 Å². The van der Waals surface area contributed by atoms with Crippen molar-refractivity contribution in [1.29, 1.82) is 0 Å². The molecule has 0 rings (SSSR count). The average molecular weight is 110 g/mol. The summed E-state index contributed by atoms with van der Waals surface area (Å²) < 4.78 is 0. The van der Waals surface area contributed by atoms with E-state index >= 15 is 0 Å². The molecule has 0 nitrogen and oxygen atoms in total. The normalized spacial score (nSPS) is 10.2. The molecule has 0 unspecified atom stereocenters. The average Bonchev–Trinajstić information content (AvgIpc) is 1.66. The molecule has 0 aliphatic carbocycles. The van der Waals surface area contributed by atoms with Crippen molar-refractivity contribution in [3.63, 3.8) is 0 Å². The topological polar surface area (TPSA) is 0 Å². The molecule has 0 bridgehead atoms. The summed E-state index contributed by atoms with van der Waals surface area (Å²) in [6, 6.07) is 0. The SMILES string of the molecule is C=C(C)C/C=C/CC. The van der Waals surface area contributed by atoms with Crippen molar-refractivity contribution in [3.8, 4) is 0 Å². The molecule has 0 amide bonds. The minimum absolute atomic E-state index is 1.04. The quantitative estimate of drug-likeness (QED) is 0.490. The molecule has 0 aromatic heterocycles. The zero-order chi connectivity index (χ0) is 6.41. The van der Waals surface area contributed by atoms with Crippen molar-refractivity contribution < 1.29 is 0 Å². The van der Waals surface area contributed by atoms with Crippen LogP contribution in [0.5, 0.6) is 0 Å². The molecule has 0 atom stereocenters. The third-order valence-corrected chi connectivity index (χ3v) is 0.869. The summed E-state index contributed by atoms with van der Waals surface area (Å²) in [5, 5.41) is 0. The van der Waals surface area contributed by atoms with Crippen LogP contribution in [0, 0.1) is 0 Å². The fourth-order valence-corrected chi connectivity index (χ4v) is 0.451. The van der Waals surface area contributed by atoms with Gasteiger partial charge in [-0.25, -0.2) is 0 Å². The summed E-state index contributed by atoms with van der Waals surface area (Å²) in [7, 11) is 0. The molecule has 0 spiro atoms. The summed E-state index contributed by atoms with van der Waals surface area (Å²) in [4.78, 5) is 0. The third-order valence-electron chi connectivity index (χ3n) is 0.869.